The number of benzene rings is 3. The first kappa shape index (κ1) is 21.9. The fourth-order valence-corrected chi connectivity index (χ4v) is 3.46. The summed E-state index contributed by atoms with van der Waals surface area (Å²) in [6.07, 6.45) is 1.24. The van der Waals surface area contributed by atoms with E-state index in [1.807, 2.05) is 42.5 Å². The minimum absolute atomic E-state index is 0.309. The Morgan fingerprint density at radius 3 is 2.23 bits per heavy atom. The molecular formula is C24H22Cl2N2O2. The van der Waals surface area contributed by atoms with Gasteiger partial charge in [-0.2, -0.15) is 0 Å². The first-order chi connectivity index (χ1) is 14.5. The highest BCUT2D eigenvalue weighted by Gasteiger charge is 2.23. The number of nitrogens with one attached hydrogen (secondary N) is 2. The lowest BCUT2D eigenvalue weighted by atomic mass is 10.0. The summed E-state index contributed by atoms with van der Waals surface area (Å²) in [5.74, 6) is -0.669. The van der Waals surface area contributed by atoms with Gasteiger partial charge in [0.05, 0.1) is 10.7 Å². The largest absolute Gasteiger partial charge is 0.340 e. The number of carbonyl (C=O) groups excluding carboxylic acids is 2. The third kappa shape index (κ3) is 5.85. The van der Waals surface area contributed by atoms with Gasteiger partial charge in [-0.15, -0.1) is 0 Å². The quantitative estimate of drug-likeness (QED) is 0.506. The lowest BCUT2D eigenvalue weighted by Gasteiger charge is -2.19. The fourth-order valence-electron chi connectivity index (χ4n) is 3.00. The minimum atomic E-state index is -0.780. The Labute approximate surface area is 186 Å². The molecule has 0 saturated heterocycles. The van der Waals surface area contributed by atoms with Crippen molar-refractivity contribution in [2.24, 2.45) is 0 Å². The Hall–Kier alpha value is -2.82. The predicted molar refractivity (Wildman–Crippen MR) is 122 cm³/mol. The first-order valence-electron chi connectivity index (χ1n) is 9.66. The molecular weight excluding hydrogens is 419 g/mol. The highest BCUT2D eigenvalue weighted by atomic mass is 35.5. The second-order valence-electron chi connectivity index (χ2n) is 6.88. The fraction of sp³-hybridized carbons (Fsp3) is 0.167. The van der Waals surface area contributed by atoms with Crippen molar-refractivity contribution in [3.63, 3.8) is 0 Å². The zero-order valence-corrected chi connectivity index (χ0v) is 18.0. The molecule has 0 spiro atoms. The molecule has 2 N–H and O–H groups in total. The summed E-state index contributed by atoms with van der Waals surface area (Å²) in [4.78, 5) is 25.8. The van der Waals surface area contributed by atoms with E-state index in [2.05, 4.69) is 17.6 Å². The van der Waals surface area contributed by atoms with E-state index in [9.17, 15) is 9.59 Å². The van der Waals surface area contributed by atoms with Crippen LogP contribution in [0.1, 0.15) is 28.4 Å². The Morgan fingerprint density at radius 2 is 1.60 bits per heavy atom. The van der Waals surface area contributed by atoms with Crippen molar-refractivity contribution >= 4 is 40.7 Å². The molecule has 3 aromatic rings. The highest BCUT2D eigenvalue weighted by molar-refractivity contribution is 6.36. The standard InChI is InChI=1S/C24H22Cl2N2O2/c1-2-16-8-10-18(11-9-16)23(29)28-22(14-17-6-4-3-5-7-17)24(30)27-21-13-12-19(25)15-20(21)26/h3-13,15,22H,2,14H2,1H3,(H,27,30)(H,28,29). The van der Waals surface area contributed by atoms with Crippen LogP contribution in [-0.4, -0.2) is 17.9 Å². The van der Waals surface area contributed by atoms with Crippen LogP contribution in [0.2, 0.25) is 10.0 Å². The molecule has 4 nitrogen and oxygen atoms in total. The van der Waals surface area contributed by atoms with Gasteiger partial charge in [-0.25, -0.2) is 0 Å². The number of anilines is 1. The van der Waals surface area contributed by atoms with E-state index in [1.54, 1.807) is 30.3 Å². The lowest BCUT2D eigenvalue weighted by molar-refractivity contribution is -0.118. The molecule has 0 fully saturated rings. The Balaban J connectivity index is 1.79. The van der Waals surface area contributed by atoms with Crippen molar-refractivity contribution in [2.75, 3.05) is 5.32 Å². The van der Waals surface area contributed by atoms with Crippen LogP contribution in [0.15, 0.2) is 72.8 Å². The lowest BCUT2D eigenvalue weighted by Crippen LogP contribution is -2.45. The van der Waals surface area contributed by atoms with Gasteiger partial charge in [-0.1, -0.05) is 72.6 Å². The SMILES string of the molecule is CCc1ccc(C(=O)NC(Cc2ccccc2)C(=O)Nc2ccc(Cl)cc2Cl)cc1. The third-order valence-electron chi connectivity index (χ3n) is 4.72. The Morgan fingerprint density at radius 1 is 0.900 bits per heavy atom. The first-order valence-corrected chi connectivity index (χ1v) is 10.4. The smallest absolute Gasteiger partial charge is 0.251 e. The molecule has 2 amide bonds. The molecule has 0 radical (unpaired) electrons. The van der Waals surface area contributed by atoms with Crippen LogP contribution in [-0.2, 0) is 17.6 Å². The van der Waals surface area contributed by atoms with Crippen LogP contribution in [0.5, 0.6) is 0 Å². The average Bonchev–Trinajstić information content (AvgIpc) is 2.76. The molecule has 154 valence electrons. The van der Waals surface area contributed by atoms with Crippen molar-refractivity contribution in [1.82, 2.24) is 5.32 Å². The maximum Gasteiger partial charge on any atom is 0.251 e. The monoisotopic (exact) mass is 440 g/mol. The summed E-state index contributed by atoms with van der Waals surface area (Å²) in [5, 5.41) is 6.44. The van der Waals surface area contributed by atoms with Crippen molar-refractivity contribution in [3.05, 3.63) is 99.5 Å². The molecule has 6 heteroatoms. The number of amides is 2. The van der Waals surface area contributed by atoms with Gasteiger partial charge < -0.3 is 10.6 Å². The van der Waals surface area contributed by atoms with Gasteiger partial charge in [0.2, 0.25) is 5.91 Å². The molecule has 3 aromatic carbocycles. The average molecular weight is 441 g/mol. The van der Waals surface area contributed by atoms with E-state index in [0.29, 0.717) is 27.7 Å². The summed E-state index contributed by atoms with van der Waals surface area (Å²) in [6.45, 7) is 2.05. The number of rotatable bonds is 7. The number of aryl methyl sites for hydroxylation is 1. The molecule has 0 aromatic heterocycles. The van der Waals surface area contributed by atoms with Crippen molar-refractivity contribution in [2.45, 2.75) is 25.8 Å². The van der Waals surface area contributed by atoms with Gasteiger partial charge in [0.1, 0.15) is 6.04 Å². The van der Waals surface area contributed by atoms with Crippen LogP contribution in [0.25, 0.3) is 0 Å². The van der Waals surface area contributed by atoms with Crippen molar-refractivity contribution in [1.29, 1.82) is 0 Å². The van der Waals surface area contributed by atoms with Gasteiger partial charge in [0.15, 0.2) is 0 Å². The van der Waals surface area contributed by atoms with Crippen LogP contribution in [0.4, 0.5) is 5.69 Å². The molecule has 1 atom stereocenters. The Bertz CT molecular complexity index is 1020. The molecule has 0 aliphatic carbocycles. The predicted octanol–water partition coefficient (Wildman–Crippen LogP) is 5.54. The molecule has 0 aliphatic heterocycles. The maximum atomic E-state index is 13.0. The second kappa shape index (κ2) is 10.3. The van der Waals surface area contributed by atoms with Gasteiger partial charge in [0.25, 0.3) is 5.91 Å². The van der Waals surface area contributed by atoms with Crippen molar-refractivity contribution in [3.8, 4) is 0 Å². The molecule has 0 bridgehead atoms. The summed E-state index contributed by atoms with van der Waals surface area (Å²) in [7, 11) is 0. The summed E-state index contributed by atoms with van der Waals surface area (Å²) < 4.78 is 0. The number of halogens is 2. The highest BCUT2D eigenvalue weighted by Crippen LogP contribution is 2.25. The van der Waals surface area contributed by atoms with E-state index < -0.39 is 6.04 Å². The molecule has 1 unspecified atom stereocenters. The zero-order chi connectivity index (χ0) is 21.5. The normalized spacial score (nSPS) is 11.6. The zero-order valence-electron chi connectivity index (χ0n) is 16.5. The van der Waals surface area contributed by atoms with E-state index in [0.717, 1.165) is 17.5 Å². The summed E-state index contributed by atoms with van der Waals surface area (Å²) in [5.41, 5.74) is 3.01. The summed E-state index contributed by atoms with van der Waals surface area (Å²) in [6, 6.07) is 20.9. The topological polar surface area (TPSA) is 58.2 Å². The van der Waals surface area contributed by atoms with E-state index in [-0.39, 0.29) is 11.8 Å². The van der Waals surface area contributed by atoms with Crippen molar-refractivity contribution < 1.29 is 9.59 Å². The van der Waals surface area contributed by atoms with E-state index in [1.165, 1.54) is 0 Å². The molecule has 30 heavy (non-hydrogen) atoms. The second-order valence-corrected chi connectivity index (χ2v) is 7.72. The van der Waals surface area contributed by atoms with E-state index in [4.69, 9.17) is 23.2 Å². The third-order valence-corrected chi connectivity index (χ3v) is 5.27. The van der Waals surface area contributed by atoms with Crippen LogP contribution in [0, 0.1) is 0 Å². The van der Waals surface area contributed by atoms with Gasteiger partial charge in [0, 0.05) is 17.0 Å². The minimum Gasteiger partial charge on any atom is -0.340 e. The van der Waals surface area contributed by atoms with Crippen LogP contribution < -0.4 is 10.6 Å². The van der Waals surface area contributed by atoms with Gasteiger partial charge >= 0.3 is 0 Å². The number of hydrogen-bond donors (Lipinski definition) is 2. The van der Waals surface area contributed by atoms with E-state index >= 15 is 0 Å². The Kier molecular flexibility index (Phi) is 7.50. The van der Waals surface area contributed by atoms with Gasteiger partial charge in [-0.3, -0.25) is 9.59 Å². The molecule has 3 rings (SSSR count). The number of hydrogen-bond acceptors (Lipinski definition) is 2. The van der Waals surface area contributed by atoms with Crippen LogP contribution >= 0.6 is 23.2 Å². The van der Waals surface area contributed by atoms with Gasteiger partial charge in [-0.05, 0) is 47.9 Å². The maximum absolute atomic E-state index is 13.0. The number of carbonyl (C=O) groups is 2. The molecule has 0 saturated carbocycles. The molecule has 0 aliphatic rings. The summed E-state index contributed by atoms with van der Waals surface area (Å²) >= 11 is 12.1. The molecule has 0 heterocycles. The van der Waals surface area contributed by atoms with Crippen LogP contribution in [0.3, 0.4) is 0 Å².